The quantitative estimate of drug-likeness (QED) is 0.532. The van der Waals surface area contributed by atoms with Crippen LogP contribution in [0.3, 0.4) is 0 Å². The van der Waals surface area contributed by atoms with Crippen molar-refractivity contribution in [2.45, 2.75) is 13.0 Å². The van der Waals surface area contributed by atoms with Gasteiger partial charge in [-0.1, -0.05) is 23.4 Å². The Hall–Kier alpha value is -2.04. The molecule has 0 spiro atoms. The van der Waals surface area contributed by atoms with Crippen molar-refractivity contribution in [2.24, 2.45) is 5.16 Å². The minimum atomic E-state index is -0.322. The highest BCUT2D eigenvalue weighted by Crippen LogP contribution is 2.34. The molecule has 1 N–H and O–H groups in total. The molecule has 82 valence electrons. The summed E-state index contributed by atoms with van der Waals surface area (Å²) in [5, 5.41) is 12.2. The van der Waals surface area contributed by atoms with Crippen LogP contribution >= 0.6 is 0 Å². The number of ether oxygens (including phenoxy) is 1. The summed E-state index contributed by atoms with van der Waals surface area (Å²) in [4.78, 5) is 13.2. The molecule has 2 aliphatic rings. The van der Waals surface area contributed by atoms with Gasteiger partial charge in [0.05, 0.1) is 11.4 Å². The molecule has 3 rings (SSSR count). The number of hydrogen-bond donors (Lipinski definition) is 1. The van der Waals surface area contributed by atoms with Crippen molar-refractivity contribution in [1.29, 1.82) is 0 Å². The third-order valence-corrected chi connectivity index (χ3v) is 2.96. The summed E-state index contributed by atoms with van der Waals surface area (Å²) in [5.41, 5.74) is 3.24. The predicted octanol–water partition coefficient (Wildman–Crippen LogP) is 1.73. The SMILES string of the molecule is O=C1OCc2cccc3c2N1CC/C3=N/O. The second kappa shape index (κ2) is 3.23. The molecule has 0 radical (unpaired) electrons. The van der Waals surface area contributed by atoms with Gasteiger partial charge in [0.25, 0.3) is 0 Å². The summed E-state index contributed by atoms with van der Waals surface area (Å²) in [7, 11) is 0. The molecule has 0 unspecified atom stereocenters. The molecule has 1 aromatic carbocycles. The molecule has 2 heterocycles. The average molecular weight is 218 g/mol. The fourth-order valence-corrected chi connectivity index (χ4v) is 2.23. The fourth-order valence-electron chi connectivity index (χ4n) is 2.23. The van der Waals surface area contributed by atoms with Crippen molar-refractivity contribution in [3.05, 3.63) is 29.3 Å². The van der Waals surface area contributed by atoms with Gasteiger partial charge < -0.3 is 9.94 Å². The highest BCUT2D eigenvalue weighted by Gasteiger charge is 2.32. The molecule has 0 aliphatic carbocycles. The Labute approximate surface area is 91.9 Å². The molecule has 0 saturated carbocycles. The van der Waals surface area contributed by atoms with E-state index in [2.05, 4.69) is 5.16 Å². The van der Waals surface area contributed by atoms with E-state index in [4.69, 9.17) is 9.94 Å². The van der Waals surface area contributed by atoms with E-state index in [0.717, 1.165) is 16.8 Å². The van der Waals surface area contributed by atoms with Gasteiger partial charge in [0.2, 0.25) is 0 Å². The van der Waals surface area contributed by atoms with E-state index in [1.807, 2.05) is 18.2 Å². The first kappa shape index (κ1) is 9.21. The Morgan fingerprint density at radius 1 is 1.44 bits per heavy atom. The Bertz CT molecular complexity index is 496. The topological polar surface area (TPSA) is 62.1 Å². The van der Waals surface area contributed by atoms with Crippen LogP contribution in [0.15, 0.2) is 23.4 Å². The van der Waals surface area contributed by atoms with E-state index < -0.39 is 0 Å². The number of hydrogen-bond acceptors (Lipinski definition) is 4. The molecule has 1 amide bonds. The lowest BCUT2D eigenvalue weighted by molar-refractivity contribution is 0.141. The number of anilines is 1. The van der Waals surface area contributed by atoms with Gasteiger partial charge in [-0.2, -0.15) is 0 Å². The number of amides is 1. The number of benzene rings is 1. The maximum Gasteiger partial charge on any atom is 0.414 e. The standard InChI is InChI=1S/C11H10N2O3/c14-11-13-5-4-9(12-15)8-3-1-2-7(6-16-11)10(8)13/h1-3,15H,4-6H2/b12-9-. The summed E-state index contributed by atoms with van der Waals surface area (Å²) in [6.07, 6.45) is 0.221. The van der Waals surface area contributed by atoms with Crippen LogP contribution in [-0.4, -0.2) is 23.6 Å². The van der Waals surface area contributed by atoms with E-state index >= 15 is 0 Å². The van der Waals surface area contributed by atoms with Crippen molar-refractivity contribution < 1.29 is 14.7 Å². The fraction of sp³-hybridized carbons (Fsp3) is 0.273. The van der Waals surface area contributed by atoms with Gasteiger partial charge in [-0.15, -0.1) is 0 Å². The number of oxime groups is 1. The lowest BCUT2D eigenvalue weighted by atomic mass is 9.96. The van der Waals surface area contributed by atoms with E-state index in [0.29, 0.717) is 18.7 Å². The molecule has 0 fully saturated rings. The normalized spacial score (nSPS) is 20.6. The number of cyclic esters (lactones) is 1. The Balaban J connectivity index is 2.25. The van der Waals surface area contributed by atoms with Crippen LogP contribution in [0.5, 0.6) is 0 Å². The summed E-state index contributed by atoms with van der Waals surface area (Å²) in [6, 6.07) is 5.65. The number of carbonyl (C=O) groups excluding carboxylic acids is 1. The molecule has 0 bridgehead atoms. The molecule has 0 atom stereocenters. The maximum atomic E-state index is 11.6. The number of carbonyl (C=O) groups is 1. The van der Waals surface area contributed by atoms with Crippen molar-refractivity contribution in [1.82, 2.24) is 0 Å². The Morgan fingerprint density at radius 3 is 3.12 bits per heavy atom. The highest BCUT2D eigenvalue weighted by atomic mass is 16.6. The predicted molar refractivity (Wildman–Crippen MR) is 56.9 cm³/mol. The third kappa shape index (κ3) is 1.11. The van der Waals surface area contributed by atoms with Gasteiger partial charge in [0.15, 0.2) is 0 Å². The molecule has 5 heteroatoms. The Morgan fingerprint density at radius 2 is 2.31 bits per heavy atom. The van der Waals surface area contributed by atoms with Gasteiger partial charge in [0, 0.05) is 24.1 Å². The maximum absolute atomic E-state index is 11.6. The average Bonchev–Trinajstić information content (AvgIpc) is 2.34. The van der Waals surface area contributed by atoms with Crippen LogP contribution in [0.2, 0.25) is 0 Å². The third-order valence-electron chi connectivity index (χ3n) is 2.96. The zero-order valence-corrected chi connectivity index (χ0v) is 8.51. The van der Waals surface area contributed by atoms with Crippen LogP contribution in [-0.2, 0) is 11.3 Å². The molecule has 5 nitrogen and oxygen atoms in total. The number of nitrogens with zero attached hydrogens (tertiary/aromatic N) is 2. The zero-order chi connectivity index (χ0) is 11.1. The zero-order valence-electron chi connectivity index (χ0n) is 8.51. The first-order valence-electron chi connectivity index (χ1n) is 5.09. The first-order valence-corrected chi connectivity index (χ1v) is 5.09. The summed E-state index contributed by atoms with van der Waals surface area (Å²) in [5.74, 6) is 0. The molecular formula is C11H10N2O3. The molecule has 16 heavy (non-hydrogen) atoms. The molecular weight excluding hydrogens is 208 g/mol. The van der Waals surface area contributed by atoms with Crippen molar-refractivity contribution in [2.75, 3.05) is 11.4 Å². The van der Waals surface area contributed by atoms with Gasteiger partial charge in [0.1, 0.15) is 6.61 Å². The van der Waals surface area contributed by atoms with Crippen LogP contribution in [0, 0.1) is 0 Å². The van der Waals surface area contributed by atoms with E-state index in [1.54, 1.807) is 4.90 Å². The summed E-state index contributed by atoms with van der Waals surface area (Å²) < 4.78 is 5.05. The van der Waals surface area contributed by atoms with Gasteiger partial charge >= 0.3 is 6.09 Å². The second-order valence-corrected chi connectivity index (χ2v) is 3.82. The minimum absolute atomic E-state index is 0.289. The minimum Gasteiger partial charge on any atom is -0.444 e. The Kier molecular flexibility index (Phi) is 1.86. The lowest BCUT2D eigenvalue weighted by Crippen LogP contribution is -2.41. The number of rotatable bonds is 0. The van der Waals surface area contributed by atoms with Crippen molar-refractivity contribution in [3.63, 3.8) is 0 Å². The van der Waals surface area contributed by atoms with Crippen molar-refractivity contribution >= 4 is 17.5 Å². The highest BCUT2D eigenvalue weighted by molar-refractivity contribution is 6.11. The van der Waals surface area contributed by atoms with Crippen LogP contribution in [0.1, 0.15) is 17.5 Å². The number of para-hydroxylation sites is 1. The van der Waals surface area contributed by atoms with Crippen LogP contribution in [0.25, 0.3) is 0 Å². The lowest BCUT2D eigenvalue weighted by Gasteiger charge is -2.34. The smallest absolute Gasteiger partial charge is 0.414 e. The van der Waals surface area contributed by atoms with Gasteiger partial charge in [-0.3, -0.25) is 4.90 Å². The van der Waals surface area contributed by atoms with E-state index in [1.165, 1.54) is 0 Å². The van der Waals surface area contributed by atoms with E-state index in [9.17, 15) is 4.79 Å². The van der Waals surface area contributed by atoms with Crippen molar-refractivity contribution in [3.8, 4) is 0 Å². The molecule has 1 aromatic rings. The molecule has 2 aliphatic heterocycles. The summed E-state index contributed by atoms with van der Waals surface area (Å²) in [6.45, 7) is 0.791. The monoisotopic (exact) mass is 218 g/mol. The summed E-state index contributed by atoms with van der Waals surface area (Å²) >= 11 is 0. The second-order valence-electron chi connectivity index (χ2n) is 3.82. The van der Waals surface area contributed by atoms with E-state index in [-0.39, 0.29) is 12.7 Å². The molecule has 0 saturated heterocycles. The van der Waals surface area contributed by atoms with Crippen LogP contribution < -0.4 is 4.90 Å². The van der Waals surface area contributed by atoms with Gasteiger partial charge in [-0.05, 0) is 0 Å². The largest absolute Gasteiger partial charge is 0.444 e. The van der Waals surface area contributed by atoms with Gasteiger partial charge in [-0.25, -0.2) is 4.79 Å². The molecule has 0 aromatic heterocycles. The first-order chi connectivity index (χ1) is 7.81. The van der Waals surface area contributed by atoms with Crippen LogP contribution in [0.4, 0.5) is 10.5 Å².